The SMILES string of the molecule is CC(F)c1cc(Nc2ncn[nH]2)n(C)n1. The van der Waals surface area contributed by atoms with Crippen LogP contribution in [0, 0.1) is 0 Å². The predicted molar refractivity (Wildman–Crippen MR) is 52.4 cm³/mol. The Morgan fingerprint density at radius 1 is 1.60 bits per heavy atom. The van der Waals surface area contributed by atoms with E-state index in [1.807, 2.05) is 0 Å². The molecule has 15 heavy (non-hydrogen) atoms. The summed E-state index contributed by atoms with van der Waals surface area (Å²) in [6, 6.07) is 1.63. The molecule has 0 aliphatic heterocycles. The second-order valence-corrected chi connectivity index (χ2v) is 3.15. The molecule has 0 saturated carbocycles. The number of rotatable bonds is 3. The van der Waals surface area contributed by atoms with Crippen LogP contribution < -0.4 is 5.32 Å². The summed E-state index contributed by atoms with van der Waals surface area (Å²) in [5.41, 5.74) is 0.388. The van der Waals surface area contributed by atoms with Crippen LogP contribution in [0.2, 0.25) is 0 Å². The molecule has 1 atom stereocenters. The fourth-order valence-corrected chi connectivity index (χ4v) is 1.19. The quantitative estimate of drug-likeness (QED) is 0.801. The van der Waals surface area contributed by atoms with E-state index in [1.54, 1.807) is 17.8 Å². The fraction of sp³-hybridized carbons (Fsp3) is 0.375. The van der Waals surface area contributed by atoms with Crippen LogP contribution in [-0.2, 0) is 7.05 Å². The van der Waals surface area contributed by atoms with E-state index in [4.69, 9.17) is 0 Å². The number of alkyl halides is 1. The molecule has 0 aliphatic rings. The third-order valence-corrected chi connectivity index (χ3v) is 1.97. The van der Waals surface area contributed by atoms with E-state index >= 15 is 0 Å². The first-order chi connectivity index (χ1) is 7.16. The first kappa shape index (κ1) is 9.63. The van der Waals surface area contributed by atoms with Gasteiger partial charge >= 0.3 is 0 Å². The molecule has 2 heterocycles. The zero-order chi connectivity index (χ0) is 10.8. The maximum Gasteiger partial charge on any atom is 0.224 e. The molecule has 0 aliphatic carbocycles. The van der Waals surface area contributed by atoms with E-state index in [1.165, 1.54) is 13.3 Å². The van der Waals surface area contributed by atoms with Crippen molar-refractivity contribution in [1.29, 1.82) is 0 Å². The molecule has 1 unspecified atom stereocenters. The highest BCUT2D eigenvalue weighted by molar-refractivity contribution is 5.48. The van der Waals surface area contributed by atoms with Crippen molar-refractivity contribution in [1.82, 2.24) is 25.0 Å². The van der Waals surface area contributed by atoms with E-state index in [2.05, 4.69) is 25.6 Å². The summed E-state index contributed by atoms with van der Waals surface area (Å²) in [5.74, 6) is 1.15. The third-order valence-electron chi connectivity index (χ3n) is 1.97. The van der Waals surface area contributed by atoms with Gasteiger partial charge in [-0.05, 0) is 6.92 Å². The Bertz CT molecular complexity index is 432. The molecular weight excluding hydrogens is 199 g/mol. The molecule has 0 saturated heterocycles. The normalized spacial score (nSPS) is 12.7. The van der Waals surface area contributed by atoms with E-state index in [-0.39, 0.29) is 0 Å². The number of aromatic amines is 1. The van der Waals surface area contributed by atoms with Gasteiger partial charge in [-0.3, -0.25) is 4.68 Å². The number of nitrogens with zero attached hydrogens (tertiary/aromatic N) is 4. The molecule has 0 bridgehead atoms. The number of anilines is 2. The highest BCUT2D eigenvalue weighted by atomic mass is 19.1. The van der Waals surface area contributed by atoms with Gasteiger partial charge in [0.15, 0.2) is 0 Å². The fourth-order valence-electron chi connectivity index (χ4n) is 1.19. The van der Waals surface area contributed by atoms with Gasteiger partial charge in [-0.1, -0.05) is 0 Å². The van der Waals surface area contributed by atoms with Gasteiger partial charge in [0, 0.05) is 13.1 Å². The van der Waals surface area contributed by atoms with E-state index in [0.717, 1.165) is 0 Å². The molecule has 2 aromatic heterocycles. The topological polar surface area (TPSA) is 71.4 Å². The van der Waals surface area contributed by atoms with Crippen LogP contribution in [0.4, 0.5) is 16.2 Å². The Morgan fingerprint density at radius 3 is 2.93 bits per heavy atom. The minimum atomic E-state index is -1.08. The second-order valence-electron chi connectivity index (χ2n) is 3.15. The van der Waals surface area contributed by atoms with Gasteiger partial charge in [0.25, 0.3) is 0 Å². The van der Waals surface area contributed by atoms with Crippen LogP contribution in [0.25, 0.3) is 0 Å². The van der Waals surface area contributed by atoms with Gasteiger partial charge in [-0.25, -0.2) is 9.49 Å². The lowest BCUT2D eigenvalue weighted by molar-refractivity contribution is 0.363. The lowest BCUT2D eigenvalue weighted by Crippen LogP contribution is -2.00. The molecule has 6 nitrogen and oxygen atoms in total. The zero-order valence-corrected chi connectivity index (χ0v) is 8.40. The standard InChI is InChI=1S/C8H11FN6/c1-5(9)6-3-7(15(2)14-6)12-8-10-4-11-13-8/h3-5H,1-2H3,(H2,10,11,12,13). The van der Waals surface area contributed by atoms with Crippen LogP contribution >= 0.6 is 0 Å². The smallest absolute Gasteiger partial charge is 0.224 e. The number of aryl methyl sites for hydroxylation is 1. The molecule has 0 amide bonds. The average Bonchev–Trinajstić information content (AvgIpc) is 2.77. The van der Waals surface area contributed by atoms with Crippen LogP contribution in [0.15, 0.2) is 12.4 Å². The second kappa shape index (κ2) is 3.68. The summed E-state index contributed by atoms with van der Waals surface area (Å²) in [4.78, 5) is 3.89. The zero-order valence-electron chi connectivity index (χ0n) is 8.40. The van der Waals surface area contributed by atoms with Crippen molar-refractivity contribution in [2.45, 2.75) is 13.1 Å². The van der Waals surface area contributed by atoms with E-state index in [0.29, 0.717) is 17.5 Å². The Morgan fingerprint density at radius 2 is 2.40 bits per heavy atom. The number of hydrogen-bond donors (Lipinski definition) is 2. The number of nitrogens with one attached hydrogen (secondary N) is 2. The van der Waals surface area contributed by atoms with Gasteiger partial charge in [-0.2, -0.15) is 15.2 Å². The molecular formula is C8H11FN6. The number of hydrogen-bond acceptors (Lipinski definition) is 4. The lowest BCUT2D eigenvalue weighted by atomic mass is 10.3. The van der Waals surface area contributed by atoms with Gasteiger partial charge in [-0.15, -0.1) is 0 Å². The monoisotopic (exact) mass is 210 g/mol. The van der Waals surface area contributed by atoms with Crippen molar-refractivity contribution in [2.24, 2.45) is 7.05 Å². The first-order valence-corrected chi connectivity index (χ1v) is 4.47. The van der Waals surface area contributed by atoms with Crippen LogP contribution in [-0.4, -0.2) is 25.0 Å². The van der Waals surface area contributed by atoms with Crippen molar-refractivity contribution in [3.63, 3.8) is 0 Å². The van der Waals surface area contributed by atoms with Crippen molar-refractivity contribution >= 4 is 11.8 Å². The number of halogens is 1. The maximum absolute atomic E-state index is 13.0. The van der Waals surface area contributed by atoms with Gasteiger partial charge in [0.05, 0.1) is 5.69 Å². The van der Waals surface area contributed by atoms with Crippen molar-refractivity contribution < 1.29 is 4.39 Å². The van der Waals surface area contributed by atoms with Crippen LogP contribution in [0.5, 0.6) is 0 Å². The van der Waals surface area contributed by atoms with Crippen LogP contribution in [0.3, 0.4) is 0 Å². The molecule has 2 aromatic rings. The maximum atomic E-state index is 13.0. The lowest BCUT2D eigenvalue weighted by Gasteiger charge is -2.00. The number of H-pyrrole nitrogens is 1. The summed E-state index contributed by atoms with van der Waals surface area (Å²) in [6.45, 7) is 1.45. The summed E-state index contributed by atoms with van der Waals surface area (Å²) in [6.07, 6.45) is 0.304. The van der Waals surface area contributed by atoms with E-state index < -0.39 is 6.17 Å². The van der Waals surface area contributed by atoms with Crippen LogP contribution in [0.1, 0.15) is 18.8 Å². The highest BCUT2D eigenvalue weighted by Gasteiger charge is 2.11. The third kappa shape index (κ3) is 1.95. The van der Waals surface area contributed by atoms with Gasteiger partial charge in [0.2, 0.25) is 5.95 Å². The average molecular weight is 210 g/mol. The van der Waals surface area contributed by atoms with E-state index in [9.17, 15) is 4.39 Å². The Kier molecular flexibility index (Phi) is 2.36. The predicted octanol–water partition coefficient (Wildman–Crippen LogP) is 1.31. The Labute approximate surface area is 85.5 Å². The molecule has 2 N–H and O–H groups in total. The molecule has 80 valence electrons. The molecule has 2 rings (SSSR count). The highest BCUT2D eigenvalue weighted by Crippen LogP contribution is 2.20. The Balaban J connectivity index is 2.21. The van der Waals surface area contributed by atoms with Crippen molar-refractivity contribution in [3.8, 4) is 0 Å². The molecule has 0 fully saturated rings. The van der Waals surface area contributed by atoms with Gasteiger partial charge in [0.1, 0.15) is 18.3 Å². The summed E-state index contributed by atoms with van der Waals surface area (Å²) in [5, 5.41) is 13.3. The minimum absolute atomic E-state index is 0.388. The molecule has 0 aromatic carbocycles. The molecule has 0 spiro atoms. The summed E-state index contributed by atoms with van der Waals surface area (Å²) >= 11 is 0. The minimum Gasteiger partial charge on any atom is -0.309 e. The molecule has 0 radical (unpaired) electrons. The van der Waals surface area contributed by atoms with Crippen molar-refractivity contribution in [3.05, 3.63) is 18.1 Å². The largest absolute Gasteiger partial charge is 0.309 e. The first-order valence-electron chi connectivity index (χ1n) is 4.47. The summed E-state index contributed by atoms with van der Waals surface area (Å²) in [7, 11) is 1.73. The molecule has 7 heteroatoms. The number of aromatic nitrogens is 5. The summed E-state index contributed by atoms with van der Waals surface area (Å²) < 4.78 is 14.5. The van der Waals surface area contributed by atoms with Crippen molar-refractivity contribution in [2.75, 3.05) is 5.32 Å². The van der Waals surface area contributed by atoms with Gasteiger partial charge < -0.3 is 5.32 Å². The Hall–Kier alpha value is -1.92.